The Balaban J connectivity index is 0.00000108. The van der Waals surface area contributed by atoms with E-state index in [4.69, 9.17) is 11.6 Å². The van der Waals surface area contributed by atoms with Crippen LogP contribution in [-0.4, -0.2) is 18.9 Å². The van der Waals surface area contributed by atoms with E-state index in [-0.39, 0.29) is 23.6 Å². The quantitative estimate of drug-likeness (QED) is 0.786. The van der Waals surface area contributed by atoms with E-state index >= 15 is 0 Å². The van der Waals surface area contributed by atoms with Crippen molar-refractivity contribution in [2.75, 3.05) is 13.1 Å². The van der Waals surface area contributed by atoms with Crippen molar-refractivity contribution < 1.29 is 4.79 Å². The molecule has 1 saturated heterocycles. The molecule has 0 spiro atoms. The number of nitrogens with one attached hydrogen (secondary N) is 1. The Morgan fingerprint density at radius 3 is 3.00 bits per heavy atom. The number of Topliss-reactive ketones (excluding diaryl/α,β-unsaturated/α-hetero) is 1. The second-order valence-corrected chi connectivity index (χ2v) is 5.55. The summed E-state index contributed by atoms with van der Waals surface area (Å²) in [5, 5.41) is 4.00. The maximum Gasteiger partial charge on any atom is 0.165 e. The van der Waals surface area contributed by atoms with Crippen molar-refractivity contribution in [2.45, 2.75) is 19.3 Å². The smallest absolute Gasteiger partial charge is 0.165 e. The summed E-state index contributed by atoms with van der Waals surface area (Å²) in [6, 6.07) is 5.80. The lowest BCUT2D eigenvalue weighted by molar-refractivity contribution is 0.0898. The van der Waals surface area contributed by atoms with Gasteiger partial charge in [0.25, 0.3) is 0 Å². The molecule has 0 aromatic heterocycles. The molecule has 0 bridgehead atoms. The van der Waals surface area contributed by atoms with Gasteiger partial charge in [0.1, 0.15) is 0 Å². The summed E-state index contributed by atoms with van der Waals surface area (Å²) >= 11 is 6.13. The fraction of sp³-hybridized carbons (Fsp3) is 0.462. The van der Waals surface area contributed by atoms with Crippen LogP contribution in [0.5, 0.6) is 0 Å². The van der Waals surface area contributed by atoms with Crippen molar-refractivity contribution in [3.05, 3.63) is 34.3 Å². The van der Waals surface area contributed by atoms with Crippen LogP contribution >= 0.6 is 24.0 Å². The predicted molar refractivity (Wildman–Crippen MR) is 71.4 cm³/mol. The van der Waals surface area contributed by atoms with Crippen LogP contribution in [-0.2, 0) is 0 Å². The summed E-state index contributed by atoms with van der Waals surface area (Å²) in [6.45, 7) is 4.08. The van der Waals surface area contributed by atoms with Gasteiger partial charge in [-0.1, -0.05) is 30.7 Å². The molecule has 1 aromatic carbocycles. The van der Waals surface area contributed by atoms with Crippen LogP contribution in [0.25, 0.3) is 0 Å². The SMILES string of the molecule is C[C@@]12CNC[C@@H]1c1cccc(Cl)c1C(=O)C2.Cl. The Labute approximate surface area is 112 Å². The first-order chi connectivity index (χ1) is 7.62. The number of carbonyl (C=O) groups is 1. The first-order valence-electron chi connectivity index (χ1n) is 5.64. The molecule has 1 aliphatic carbocycles. The molecule has 1 aromatic rings. The van der Waals surface area contributed by atoms with E-state index in [1.54, 1.807) is 0 Å². The number of hydrogen-bond donors (Lipinski definition) is 1. The minimum atomic E-state index is 0. The van der Waals surface area contributed by atoms with Crippen LogP contribution in [0, 0.1) is 5.41 Å². The molecular formula is C13H15Cl2NO. The lowest BCUT2D eigenvalue weighted by Gasteiger charge is -2.36. The highest BCUT2D eigenvalue weighted by Crippen LogP contribution is 2.48. The van der Waals surface area contributed by atoms with E-state index in [1.165, 1.54) is 0 Å². The molecule has 17 heavy (non-hydrogen) atoms. The van der Waals surface area contributed by atoms with Crippen LogP contribution in [0.2, 0.25) is 5.02 Å². The van der Waals surface area contributed by atoms with Gasteiger partial charge in [0.05, 0.1) is 5.02 Å². The van der Waals surface area contributed by atoms with Crippen LogP contribution in [0.1, 0.15) is 35.2 Å². The highest BCUT2D eigenvalue weighted by atomic mass is 35.5. The number of fused-ring (bicyclic) bond motifs is 3. The van der Waals surface area contributed by atoms with Crippen molar-refractivity contribution in [1.82, 2.24) is 5.32 Å². The largest absolute Gasteiger partial charge is 0.316 e. The van der Waals surface area contributed by atoms with Crippen molar-refractivity contribution in [3.63, 3.8) is 0 Å². The van der Waals surface area contributed by atoms with E-state index in [0.29, 0.717) is 17.4 Å². The molecule has 0 saturated carbocycles. The standard InChI is InChI=1S/C13H14ClNO.ClH/c1-13-5-11(16)12-8(3-2-4-10(12)14)9(13)6-15-7-13;/h2-4,9,15H,5-7H2,1H3;1H/t9-,13-;/m1./s1. The van der Waals surface area contributed by atoms with Crippen LogP contribution in [0.3, 0.4) is 0 Å². The molecule has 92 valence electrons. The van der Waals surface area contributed by atoms with E-state index in [2.05, 4.69) is 12.2 Å². The summed E-state index contributed by atoms with van der Waals surface area (Å²) in [6.07, 6.45) is 0.612. The normalized spacial score (nSPS) is 30.5. The lowest BCUT2D eigenvalue weighted by atomic mass is 9.66. The summed E-state index contributed by atoms with van der Waals surface area (Å²) in [5.74, 6) is 0.627. The maximum absolute atomic E-state index is 12.1. The fourth-order valence-corrected chi connectivity index (χ4v) is 3.41. The molecule has 2 aliphatic rings. The number of halogens is 2. The molecule has 0 radical (unpaired) electrons. The molecule has 0 amide bonds. The number of carbonyl (C=O) groups excluding carboxylic acids is 1. The Bertz CT molecular complexity index is 474. The molecule has 4 heteroatoms. The van der Waals surface area contributed by atoms with Crippen LogP contribution in [0.4, 0.5) is 0 Å². The molecule has 2 nitrogen and oxygen atoms in total. The predicted octanol–water partition coefficient (Wildman–Crippen LogP) is 3.04. The maximum atomic E-state index is 12.1. The summed E-state index contributed by atoms with van der Waals surface area (Å²) in [4.78, 5) is 12.1. The molecule has 3 rings (SSSR count). The molecule has 1 aliphatic heterocycles. The van der Waals surface area contributed by atoms with Gasteiger partial charge in [-0.15, -0.1) is 12.4 Å². The zero-order valence-electron chi connectivity index (χ0n) is 9.63. The van der Waals surface area contributed by atoms with Crippen molar-refractivity contribution in [1.29, 1.82) is 0 Å². The zero-order chi connectivity index (χ0) is 11.3. The lowest BCUT2D eigenvalue weighted by Crippen LogP contribution is -2.33. The third-order valence-corrected chi connectivity index (χ3v) is 4.30. The molecule has 1 heterocycles. The third-order valence-electron chi connectivity index (χ3n) is 3.98. The second kappa shape index (κ2) is 4.27. The van der Waals surface area contributed by atoms with E-state index in [9.17, 15) is 4.79 Å². The number of ketones is 1. The Morgan fingerprint density at radius 2 is 2.24 bits per heavy atom. The Hall–Kier alpha value is -0.570. The molecule has 0 unspecified atom stereocenters. The highest BCUT2D eigenvalue weighted by Gasteiger charge is 2.46. The van der Waals surface area contributed by atoms with Crippen molar-refractivity contribution in [2.24, 2.45) is 5.41 Å². The number of hydrogen-bond acceptors (Lipinski definition) is 2. The number of benzene rings is 1. The second-order valence-electron chi connectivity index (χ2n) is 5.14. The molecule has 1 N–H and O–H groups in total. The minimum absolute atomic E-state index is 0. The van der Waals surface area contributed by atoms with Crippen LogP contribution in [0.15, 0.2) is 18.2 Å². The topological polar surface area (TPSA) is 29.1 Å². The molecule has 2 atom stereocenters. The van der Waals surface area contributed by atoms with Gasteiger partial charge >= 0.3 is 0 Å². The zero-order valence-corrected chi connectivity index (χ0v) is 11.2. The van der Waals surface area contributed by atoms with E-state index in [0.717, 1.165) is 24.2 Å². The first kappa shape index (κ1) is 12.9. The summed E-state index contributed by atoms with van der Waals surface area (Å²) in [7, 11) is 0. The van der Waals surface area contributed by atoms with E-state index in [1.807, 2.05) is 18.2 Å². The Kier molecular flexibility index (Phi) is 3.23. The summed E-state index contributed by atoms with van der Waals surface area (Å²) < 4.78 is 0. The van der Waals surface area contributed by atoms with Gasteiger partial charge in [-0.05, 0) is 17.0 Å². The van der Waals surface area contributed by atoms with Gasteiger partial charge in [0, 0.05) is 31.0 Å². The molecular weight excluding hydrogens is 257 g/mol. The fourth-order valence-electron chi connectivity index (χ4n) is 3.12. The van der Waals surface area contributed by atoms with Gasteiger partial charge in [-0.25, -0.2) is 0 Å². The molecule has 1 fully saturated rings. The highest BCUT2D eigenvalue weighted by molar-refractivity contribution is 6.34. The summed E-state index contributed by atoms with van der Waals surface area (Å²) in [5.41, 5.74) is 1.97. The third kappa shape index (κ3) is 1.79. The Morgan fingerprint density at radius 1 is 1.47 bits per heavy atom. The van der Waals surface area contributed by atoms with Gasteiger partial charge in [-0.2, -0.15) is 0 Å². The average Bonchev–Trinajstić information content (AvgIpc) is 2.59. The minimum Gasteiger partial charge on any atom is -0.316 e. The van der Waals surface area contributed by atoms with E-state index < -0.39 is 0 Å². The van der Waals surface area contributed by atoms with Gasteiger partial charge in [0.15, 0.2) is 5.78 Å². The monoisotopic (exact) mass is 271 g/mol. The number of rotatable bonds is 0. The van der Waals surface area contributed by atoms with Crippen molar-refractivity contribution in [3.8, 4) is 0 Å². The first-order valence-corrected chi connectivity index (χ1v) is 6.02. The van der Waals surface area contributed by atoms with Crippen LogP contribution < -0.4 is 5.32 Å². The van der Waals surface area contributed by atoms with Gasteiger partial charge in [0.2, 0.25) is 0 Å². The average molecular weight is 272 g/mol. The van der Waals surface area contributed by atoms with Gasteiger partial charge in [-0.3, -0.25) is 4.79 Å². The van der Waals surface area contributed by atoms with Gasteiger partial charge < -0.3 is 5.32 Å². The van der Waals surface area contributed by atoms with Crippen molar-refractivity contribution >= 4 is 29.8 Å².